The lowest BCUT2D eigenvalue weighted by Gasteiger charge is -2.30. The molecule has 5 rings (SSSR count). The Kier molecular flexibility index (Phi) is 6.44. The number of nitrogens with one attached hydrogen (secondary N) is 2. The van der Waals surface area contributed by atoms with Crippen LogP contribution in [0.1, 0.15) is 49.8 Å². The molecule has 5 nitrogen and oxygen atoms in total. The Morgan fingerprint density at radius 3 is 2.51 bits per heavy atom. The van der Waals surface area contributed by atoms with Crippen LogP contribution in [-0.4, -0.2) is 17.5 Å². The molecular formula is C29H29ClN2O3. The van der Waals surface area contributed by atoms with E-state index in [-0.39, 0.29) is 17.5 Å². The molecule has 0 aromatic heterocycles. The zero-order valence-electron chi connectivity index (χ0n) is 19.8. The number of carbonyl (C=O) groups excluding carboxylic acids is 1. The maximum absolute atomic E-state index is 13.7. The smallest absolute Gasteiger partial charge is 0.163 e. The molecule has 0 fully saturated rings. The third-order valence-corrected chi connectivity index (χ3v) is 6.78. The van der Waals surface area contributed by atoms with Crippen molar-refractivity contribution in [1.29, 1.82) is 0 Å². The van der Waals surface area contributed by atoms with Crippen molar-refractivity contribution in [2.24, 2.45) is 5.92 Å². The summed E-state index contributed by atoms with van der Waals surface area (Å²) in [5.41, 5.74) is 4.97. The van der Waals surface area contributed by atoms with Gasteiger partial charge in [-0.05, 0) is 66.3 Å². The van der Waals surface area contributed by atoms with Crippen LogP contribution in [0.15, 0.2) is 78.0 Å². The summed E-state index contributed by atoms with van der Waals surface area (Å²) in [4.78, 5) is 13.7. The molecule has 35 heavy (non-hydrogen) atoms. The Hall–Kier alpha value is -3.44. The number of para-hydroxylation sites is 2. The van der Waals surface area contributed by atoms with E-state index in [4.69, 9.17) is 16.3 Å². The number of ether oxygens (including phenoxy) is 1. The van der Waals surface area contributed by atoms with Gasteiger partial charge >= 0.3 is 0 Å². The number of fused-ring (bicyclic) bond motifs is 1. The first kappa shape index (κ1) is 23.3. The van der Waals surface area contributed by atoms with Gasteiger partial charge < -0.3 is 20.5 Å². The Morgan fingerprint density at radius 1 is 1.03 bits per heavy atom. The highest BCUT2D eigenvalue weighted by Gasteiger charge is 2.37. The summed E-state index contributed by atoms with van der Waals surface area (Å²) in [6.45, 7) is 4.92. The van der Waals surface area contributed by atoms with Gasteiger partial charge in [0, 0.05) is 28.3 Å². The lowest BCUT2D eigenvalue weighted by atomic mass is 9.78. The van der Waals surface area contributed by atoms with E-state index in [1.807, 2.05) is 36.4 Å². The molecule has 3 aromatic rings. The fraction of sp³-hybridized carbons (Fsp3) is 0.276. The van der Waals surface area contributed by atoms with Crippen LogP contribution in [0.3, 0.4) is 0 Å². The molecule has 2 atom stereocenters. The van der Waals surface area contributed by atoms with E-state index in [0.29, 0.717) is 41.5 Å². The normalized spacial score (nSPS) is 19.4. The van der Waals surface area contributed by atoms with Crippen LogP contribution in [0.2, 0.25) is 5.02 Å². The number of benzene rings is 3. The van der Waals surface area contributed by atoms with Crippen LogP contribution < -0.4 is 15.4 Å². The number of Topliss-reactive ketones (excluding diaryl/α,β-unsaturated/α-hetero) is 1. The summed E-state index contributed by atoms with van der Waals surface area (Å²) in [5.74, 6) is 1.50. The van der Waals surface area contributed by atoms with E-state index in [0.717, 1.165) is 28.4 Å². The molecule has 6 heteroatoms. The van der Waals surface area contributed by atoms with E-state index in [9.17, 15) is 9.90 Å². The van der Waals surface area contributed by atoms with Gasteiger partial charge in [-0.15, -0.1) is 0 Å². The van der Waals surface area contributed by atoms with Gasteiger partial charge in [0.15, 0.2) is 5.78 Å². The standard InChI is InChI=1S/C29H29ClN2O3/c1-17(2)16-35-21-10-7-18(8-11-21)19-13-25-28(27(34)14-19)29(22-15-20(30)9-12-26(22)33)32-24-6-4-3-5-23(24)31-25/h3-12,15,17,19,29,31-33H,13-14,16H2,1-2H3. The topological polar surface area (TPSA) is 70.6 Å². The number of halogens is 1. The Bertz CT molecular complexity index is 1280. The van der Waals surface area contributed by atoms with Crippen molar-refractivity contribution in [2.75, 3.05) is 17.2 Å². The lowest BCUT2D eigenvalue weighted by Crippen LogP contribution is -2.27. The van der Waals surface area contributed by atoms with Crippen molar-refractivity contribution in [1.82, 2.24) is 0 Å². The number of rotatable bonds is 5. The highest BCUT2D eigenvalue weighted by atomic mass is 35.5. The highest BCUT2D eigenvalue weighted by Crippen LogP contribution is 2.46. The minimum atomic E-state index is -0.514. The first-order chi connectivity index (χ1) is 16.9. The molecular weight excluding hydrogens is 460 g/mol. The van der Waals surface area contributed by atoms with Gasteiger partial charge in [0.2, 0.25) is 0 Å². The van der Waals surface area contributed by atoms with Crippen molar-refractivity contribution in [3.05, 3.63) is 94.1 Å². The number of allylic oxidation sites excluding steroid dienone is 1. The fourth-order valence-corrected chi connectivity index (χ4v) is 5.00. The molecule has 2 unspecified atom stereocenters. The number of ketones is 1. The highest BCUT2D eigenvalue weighted by molar-refractivity contribution is 6.30. The zero-order chi connectivity index (χ0) is 24.5. The third-order valence-electron chi connectivity index (χ3n) is 6.54. The van der Waals surface area contributed by atoms with Crippen LogP contribution in [0, 0.1) is 5.92 Å². The van der Waals surface area contributed by atoms with Crippen molar-refractivity contribution < 1.29 is 14.6 Å². The number of carbonyl (C=O) groups is 1. The average molecular weight is 489 g/mol. The maximum atomic E-state index is 13.7. The summed E-state index contributed by atoms with van der Waals surface area (Å²) in [6.07, 6.45) is 1.07. The summed E-state index contributed by atoms with van der Waals surface area (Å²) >= 11 is 6.28. The summed E-state index contributed by atoms with van der Waals surface area (Å²) in [7, 11) is 0. The van der Waals surface area contributed by atoms with Crippen molar-refractivity contribution in [2.45, 2.75) is 38.6 Å². The maximum Gasteiger partial charge on any atom is 0.163 e. The lowest BCUT2D eigenvalue weighted by molar-refractivity contribution is -0.116. The summed E-state index contributed by atoms with van der Waals surface area (Å²) in [5, 5.41) is 18.2. The number of phenolic OH excluding ortho intramolecular Hbond substituents is 1. The van der Waals surface area contributed by atoms with E-state index >= 15 is 0 Å². The third kappa shape index (κ3) is 4.87. The van der Waals surface area contributed by atoms with Gasteiger partial charge in [0.25, 0.3) is 0 Å². The van der Waals surface area contributed by atoms with E-state index < -0.39 is 6.04 Å². The zero-order valence-corrected chi connectivity index (χ0v) is 20.6. The second kappa shape index (κ2) is 9.67. The van der Waals surface area contributed by atoms with Crippen molar-refractivity contribution in [3.63, 3.8) is 0 Å². The molecule has 0 amide bonds. The van der Waals surface area contributed by atoms with E-state index in [2.05, 4.69) is 36.6 Å². The van der Waals surface area contributed by atoms with E-state index in [1.54, 1.807) is 18.2 Å². The minimum absolute atomic E-state index is 0.0479. The summed E-state index contributed by atoms with van der Waals surface area (Å²) in [6, 6.07) is 20.4. The van der Waals surface area contributed by atoms with Gasteiger partial charge in [-0.25, -0.2) is 0 Å². The van der Waals surface area contributed by atoms with Crippen LogP contribution >= 0.6 is 11.6 Å². The predicted octanol–water partition coefficient (Wildman–Crippen LogP) is 7.06. The SMILES string of the molecule is CC(C)COc1ccc(C2CC(=O)C3=C(C2)Nc2ccccc2NC3c2cc(Cl)ccc2O)cc1. The average Bonchev–Trinajstić information content (AvgIpc) is 3.01. The van der Waals surface area contributed by atoms with Gasteiger partial charge in [0.05, 0.1) is 24.0 Å². The quantitative estimate of drug-likeness (QED) is 0.358. The molecule has 0 saturated carbocycles. The Balaban J connectivity index is 1.51. The first-order valence-electron chi connectivity index (χ1n) is 12.0. The predicted molar refractivity (Wildman–Crippen MR) is 140 cm³/mol. The Morgan fingerprint density at radius 2 is 1.77 bits per heavy atom. The molecule has 180 valence electrons. The minimum Gasteiger partial charge on any atom is -0.508 e. The molecule has 1 aliphatic carbocycles. The van der Waals surface area contributed by atoms with Crippen molar-refractivity contribution >= 4 is 28.8 Å². The van der Waals surface area contributed by atoms with Crippen LogP contribution in [0.4, 0.5) is 11.4 Å². The molecule has 0 bridgehead atoms. The molecule has 3 N–H and O–H groups in total. The molecule has 0 spiro atoms. The van der Waals surface area contributed by atoms with Gasteiger partial charge in [0.1, 0.15) is 11.5 Å². The molecule has 3 aromatic carbocycles. The molecule has 1 aliphatic heterocycles. The number of hydrogen-bond acceptors (Lipinski definition) is 5. The molecule has 0 radical (unpaired) electrons. The van der Waals surface area contributed by atoms with Crippen molar-refractivity contribution in [3.8, 4) is 11.5 Å². The molecule has 2 aliphatic rings. The fourth-order valence-electron chi connectivity index (χ4n) is 4.82. The second-order valence-electron chi connectivity index (χ2n) is 9.65. The number of anilines is 2. The van der Waals surface area contributed by atoms with Crippen LogP contribution in [0.25, 0.3) is 0 Å². The van der Waals surface area contributed by atoms with Gasteiger partial charge in [-0.1, -0.05) is 49.7 Å². The number of phenols is 1. The first-order valence-corrected chi connectivity index (χ1v) is 12.4. The Labute approximate surface area is 210 Å². The van der Waals surface area contributed by atoms with E-state index in [1.165, 1.54) is 0 Å². The van der Waals surface area contributed by atoms with Crippen LogP contribution in [0.5, 0.6) is 11.5 Å². The molecule has 1 heterocycles. The molecule has 0 saturated heterocycles. The van der Waals surface area contributed by atoms with Gasteiger partial charge in [-0.2, -0.15) is 0 Å². The number of hydrogen-bond donors (Lipinski definition) is 3. The van der Waals surface area contributed by atoms with Gasteiger partial charge in [-0.3, -0.25) is 4.79 Å². The number of aromatic hydroxyl groups is 1. The van der Waals surface area contributed by atoms with Crippen LogP contribution in [-0.2, 0) is 4.79 Å². The largest absolute Gasteiger partial charge is 0.508 e. The second-order valence-corrected chi connectivity index (χ2v) is 10.1. The summed E-state index contributed by atoms with van der Waals surface area (Å²) < 4.78 is 5.82. The monoisotopic (exact) mass is 488 g/mol.